The van der Waals surface area contributed by atoms with Gasteiger partial charge in [0, 0.05) is 55.2 Å². The highest BCUT2D eigenvalue weighted by molar-refractivity contribution is 6.04. The molecule has 0 saturated carbocycles. The van der Waals surface area contributed by atoms with Gasteiger partial charge in [-0.1, -0.05) is 6.07 Å². The van der Waals surface area contributed by atoms with Gasteiger partial charge in [-0.25, -0.2) is 4.98 Å². The summed E-state index contributed by atoms with van der Waals surface area (Å²) in [5.74, 6) is 0.472. The van der Waals surface area contributed by atoms with E-state index in [1.165, 1.54) is 0 Å². The lowest BCUT2D eigenvalue weighted by Gasteiger charge is -2.28. The van der Waals surface area contributed by atoms with Crippen LogP contribution in [0.3, 0.4) is 0 Å². The van der Waals surface area contributed by atoms with Gasteiger partial charge in [-0.15, -0.1) is 0 Å². The zero-order valence-corrected chi connectivity index (χ0v) is 16.0. The Balaban J connectivity index is 1.36. The molecule has 3 heterocycles. The molecule has 4 rings (SSSR count). The van der Waals surface area contributed by atoms with Crippen molar-refractivity contribution in [3.8, 4) is 0 Å². The SMILES string of the molecule is O=C(Nc1ccc(N2CCOCC2)cc1)c1ccnc(NCc2cccnc2)c1. The molecule has 0 atom stereocenters. The van der Waals surface area contributed by atoms with E-state index in [1.807, 2.05) is 36.4 Å². The van der Waals surface area contributed by atoms with Gasteiger partial charge in [-0.2, -0.15) is 0 Å². The predicted octanol–water partition coefficient (Wildman–Crippen LogP) is 3.18. The van der Waals surface area contributed by atoms with Crippen molar-refractivity contribution in [3.05, 3.63) is 78.2 Å². The fraction of sp³-hybridized carbons (Fsp3) is 0.227. The van der Waals surface area contributed by atoms with Gasteiger partial charge < -0.3 is 20.3 Å². The summed E-state index contributed by atoms with van der Waals surface area (Å²) in [6.45, 7) is 3.86. The van der Waals surface area contributed by atoms with Crippen LogP contribution in [0.4, 0.5) is 17.2 Å². The van der Waals surface area contributed by atoms with E-state index in [0.717, 1.165) is 43.2 Å². The number of carbonyl (C=O) groups excluding carboxylic acids is 1. The number of carbonyl (C=O) groups is 1. The second-order valence-electron chi connectivity index (χ2n) is 6.75. The molecule has 0 bridgehead atoms. The summed E-state index contributed by atoms with van der Waals surface area (Å²) in [5.41, 5.74) is 3.49. The number of nitrogens with zero attached hydrogens (tertiary/aromatic N) is 3. The third kappa shape index (κ3) is 5.08. The van der Waals surface area contributed by atoms with Gasteiger partial charge >= 0.3 is 0 Å². The van der Waals surface area contributed by atoms with Crippen molar-refractivity contribution in [3.63, 3.8) is 0 Å². The lowest BCUT2D eigenvalue weighted by atomic mass is 10.2. The smallest absolute Gasteiger partial charge is 0.255 e. The molecule has 0 radical (unpaired) electrons. The molecule has 1 amide bonds. The van der Waals surface area contributed by atoms with Crippen LogP contribution in [0.2, 0.25) is 0 Å². The number of pyridine rings is 2. The highest BCUT2D eigenvalue weighted by Crippen LogP contribution is 2.20. The minimum Gasteiger partial charge on any atom is -0.378 e. The monoisotopic (exact) mass is 389 g/mol. The highest BCUT2D eigenvalue weighted by atomic mass is 16.5. The number of rotatable bonds is 6. The molecule has 3 aromatic rings. The van der Waals surface area contributed by atoms with Crippen LogP contribution < -0.4 is 15.5 Å². The molecule has 1 aliphatic rings. The van der Waals surface area contributed by atoms with Gasteiger partial charge in [0.1, 0.15) is 5.82 Å². The van der Waals surface area contributed by atoms with E-state index in [1.54, 1.807) is 30.7 Å². The van der Waals surface area contributed by atoms with Gasteiger partial charge in [-0.05, 0) is 48.0 Å². The van der Waals surface area contributed by atoms with Gasteiger partial charge in [0.25, 0.3) is 5.91 Å². The van der Waals surface area contributed by atoms with Crippen LogP contribution in [0.1, 0.15) is 15.9 Å². The lowest BCUT2D eigenvalue weighted by molar-refractivity contribution is 0.102. The molecule has 2 aromatic heterocycles. The maximum Gasteiger partial charge on any atom is 0.255 e. The third-order valence-corrected chi connectivity index (χ3v) is 4.72. The largest absolute Gasteiger partial charge is 0.378 e. The maximum absolute atomic E-state index is 12.6. The molecule has 7 nitrogen and oxygen atoms in total. The lowest BCUT2D eigenvalue weighted by Crippen LogP contribution is -2.36. The topological polar surface area (TPSA) is 79.4 Å². The highest BCUT2D eigenvalue weighted by Gasteiger charge is 2.12. The van der Waals surface area contributed by atoms with Crippen LogP contribution in [0.25, 0.3) is 0 Å². The first-order chi connectivity index (χ1) is 14.3. The molecule has 1 saturated heterocycles. The van der Waals surface area contributed by atoms with Crippen LogP contribution in [0.15, 0.2) is 67.1 Å². The van der Waals surface area contributed by atoms with E-state index in [9.17, 15) is 4.79 Å². The van der Waals surface area contributed by atoms with Crippen molar-refractivity contribution >= 4 is 23.1 Å². The van der Waals surface area contributed by atoms with Gasteiger partial charge in [0.05, 0.1) is 13.2 Å². The Labute approximate surface area is 169 Å². The van der Waals surface area contributed by atoms with E-state index in [2.05, 4.69) is 25.5 Å². The molecule has 0 spiro atoms. The number of aromatic nitrogens is 2. The molecular weight excluding hydrogens is 366 g/mol. The summed E-state index contributed by atoms with van der Waals surface area (Å²) >= 11 is 0. The maximum atomic E-state index is 12.6. The van der Waals surface area contributed by atoms with Crippen LogP contribution in [-0.4, -0.2) is 42.2 Å². The Hall–Kier alpha value is -3.45. The van der Waals surface area contributed by atoms with Crippen molar-refractivity contribution in [1.29, 1.82) is 0 Å². The minimum atomic E-state index is -0.170. The second-order valence-corrected chi connectivity index (χ2v) is 6.75. The molecule has 0 unspecified atom stereocenters. The Morgan fingerprint density at radius 2 is 1.90 bits per heavy atom. The molecule has 0 aliphatic carbocycles. The van der Waals surface area contributed by atoms with Crippen molar-refractivity contribution in [2.24, 2.45) is 0 Å². The Kier molecular flexibility index (Phi) is 5.97. The van der Waals surface area contributed by atoms with E-state index in [4.69, 9.17) is 4.74 Å². The van der Waals surface area contributed by atoms with E-state index in [-0.39, 0.29) is 5.91 Å². The summed E-state index contributed by atoms with van der Waals surface area (Å²) in [7, 11) is 0. The Morgan fingerprint density at radius 3 is 2.66 bits per heavy atom. The van der Waals surface area contributed by atoms with Crippen LogP contribution >= 0.6 is 0 Å². The zero-order chi connectivity index (χ0) is 19.9. The van der Waals surface area contributed by atoms with Crippen molar-refractivity contribution in [1.82, 2.24) is 9.97 Å². The molecule has 1 fully saturated rings. The van der Waals surface area contributed by atoms with Crippen molar-refractivity contribution in [2.75, 3.05) is 41.8 Å². The molecule has 1 aliphatic heterocycles. The first-order valence-electron chi connectivity index (χ1n) is 9.61. The Bertz CT molecular complexity index is 941. The molecule has 148 valence electrons. The number of benzene rings is 1. The summed E-state index contributed by atoms with van der Waals surface area (Å²) in [5, 5.41) is 6.16. The van der Waals surface area contributed by atoms with Gasteiger partial charge in [0.2, 0.25) is 0 Å². The predicted molar refractivity (Wildman–Crippen MR) is 113 cm³/mol. The van der Waals surface area contributed by atoms with Gasteiger partial charge in [0.15, 0.2) is 0 Å². The van der Waals surface area contributed by atoms with Gasteiger partial charge in [-0.3, -0.25) is 9.78 Å². The fourth-order valence-electron chi connectivity index (χ4n) is 3.14. The normalized spacial score (nSPS) is 13.7. The van der Waals surface area contributed by atoms with Crippen molar-refractivity contribution in [2.45, 2.75) is 6.54 Å². The number of nitrogens with one attached hydrogen (secondary N) is 2. The summed E-state index contributed by atoms with van der Waals surface area (Å²) < 4.78 is 5.39. The number of hydrogen-bond acceptors (Lipinski definition) is 6. The standard InChI is InChI=1S/C22H23N5O2/c28-22(26-19-3-5-20(6-4-19)27-10-12-29-13-11-27)18-7-9-24-21(14-18)25-16-17-2-1-8-23-15-17/h1-9,14-15H,10-13,16H2,(H,24,25)(H,26,28). The minimum absolute atomic E-state index is 0.170. The summed E-state index contributed by atoms with van der Waals surface area (Å²) in [6, 6.07) is 15.2. The molecule has 29 heavy (non-hydrogen) atoms. The quantitative estimate of drug-likeness (QED) is 0.674. The average Bonchev–Trinajstić information content (AvgIpc) is 2.80. The number of ether oxygens (including phenoxy) is 1. The first kappa shape index (κ1) is 18.9. The average molecular weight is 389 g/mol. The van der Waals surface area contributed by atoms with Crippen LogP contribution in [0, 0.1) is 0 Å². The summed E-state index contributed by atoms with van der Waals surface area (Å²) in [4.78, 5) is 23.3. The van der Waals surface area contributed by atoms with Crippen LogP contribution in [0.5, 0.6) is 0 Å². The molecule has 1 aromatic carbocycles. The molecule has 7 heteroatoms. The van der Waals surface area contributed by atoms with Crippen LogP contribution in [-0.2, 0) is 11.3 Å². The molecular formula is C22H23N5O2. The first-order valence-corrected chi connectivity index (χ1v) is 9.61. The van der Waals surface area contributed by atoms with Crippen molar-refractivity contribution < 1.29 is 9.53 Å². The second kappa shape index (κ2) is 9.16. The number of anilines is 3. The number of amides is 1. The third-order valence-electron chi connectivity index (χ3n) is 4.72. The van der Waals surface area contributed by atoms with E-state index in [0.29, 0.717) is 17.9 Å². The molecule has 2 N–H and O–H groups in total. The Morgan fingerprint density at radius 1 is 1.07 bits per heavy atom. The number of morpholine rings is 1. The van der Waals surface area contributed by atoms with E-state index < -0.39 is 0 Å². The van der Waals surface area contributed by atoms with E-state index >= 15 is 0 Å². The zero-order valence-electron chi connectivity index (χ0n) is 16.0. The fourth-order valence-corrected chi connectivity index (χ4v) is 3.14. The summed E-state index contributed by atoms with van der Waals surface area (Å²) in [6.07, 6.45) is 5.16. The number of hydrogen-bond donors (Lipinski definition) is 2.